The Kier molecular flexibility index (Phi) is 1.15. The van der Waals surface area contributed by atoms with E-state index in [1.165, 1.54) is 10.6 Å². The van der Waals surface area contributed by atoms with Crippen molar-refractivity contribution in [3.05, 3.63) is 30.0 Å². The van der Waals surface area contributed by atoms with Crippen LogP contribution in [0.3, 0.4) is 0 Å². The monoisotopic (exact) mass is 151 g/mol. The molecule has 0 aliphatic heterocycles. The van der Waals surface area contributed by atoms with E-state index >= 15 is 0 Å². The third-order valence-corrected chi connectivity index (χ3v) is 1.41. The zero-order valence-corrected chi connectivity index (χ0v) is 5.95. The van der Waals surface area contributed by atoms with Crippen LogP contribution < -0.4 is 0 Å². The van der Waals surface area contributed by atoms with Gasteiger partial charge in [0.15, 0.2) is 5.65 Å². The molecule has 11 heavy (non-hydrogen) atoms. The maximum atomic E-state index is 12.5. The van der Waals surface area contributed by atoms with Gasteiger partial charge < -0.3 is 0 Å². The van der Waals surface area contributed by atoms with Crippen LogP contribution >= 0.6 is 0 Å². The summed E-state index contributed by atoms with van der Waals surface area (Å²) in [6, 6.07) is 1.29. The van der Waals surface area contributed by atoms with Crippen LogP contribution in [-0.4, -0.2) is 14.6 Å². The highest BCUT2D eigenvalue weighted by Gasteiger charge is 1.99. The minimum absolute atomic E-state index is 0.497. The lowest BCUT2D eigenvalue weighted by Gasteiger charge is -1.91. The van der Waals surface area contributed by atoms with Gasteiger partial charge in [-0.3, -0.25) is 0 Å². The van der Waals surface area contributed by atoms with Crippen molar-refractivity contribution < 1.29 is 4.39 Å². The predicted molar refractivity (Wildman–Crippen MR) is 37.7 cm³/mol. The van der Waals surface area contributed by atoms with Crippen LogP contribution in [0.15, 0.2) is 18.5 Å². The first-order valence-corrected chi connectivity index (χ1v) is 3.23. The predicted octanol–water partition coefficient (Wildman–Crippen LogP) is 1.18. The highest BCUT2D eigenvalue weighted by Crippen LogP contribution is 2.02. The molecule has 0 saturated heterocycles. The van der Waals surface area contributed by atoms with Crippen LogP contribution in [-0.2, 0) is 0 Å². The molecule has 3 nitrogen and oxygen atoms in total. The summed E-state index contributed by atoms with van der Waals surface area (Å²) in [5.41, 5.74) is 1.49. The van der Waals surface area contributed by atoms with E-state index in [0.29, 0.717) is 5.65 Å². The quantitative estimate of drug-likeness (QED) is 0.565. The van der Waals surface area contributed by atoms with Crippen molar-refractivity contribution in [2.24, 2.45) is 0 Å². The van der Waals surface area contributed by atoms with Gasteiger partial charge in [0, 0.05) is 18.5 Å². The van der Waals surface area contributed by atoms with Gasteiger partial charge in [-0.1, -0.05) is 0 Å². The lowest BCUT2D eigenvalue weighted by atomic mass is 10.4. The summed E-state index contributed by atoms with van der Waals surface area (Å²) < 4.78 is 13.9. The van der Waals surface area contributed by atoms with Crippen LogP contribution in [0, 0.1) is 12.9 Å². The van der Waals surface area contributed by atoms with Gasteiger partial charge in [0.05, 0.1) is 0 Å². The fourth-order valence-electron chi connectivity index (χ4n) is 0.941. The Hall–Kier alpha value is -1.45. The SMILES string of the molecule is Cc1cnc2cc(F)nn2c1. The first kappa shape index (κ1) is 6.27. The molecule has 2 heterocycles. The number of hydrogen-bond acceptors (Lipinski definition) is 2. The molecule has 56 valence electrons. The molecule has 0 atom stereocenters. The van der Waals surface area contributed by atoms with Crippen LogP contribution in [0.1, 0.15) is 5.56 Å². The van der Waals surface area contributed by atoms with Gasteiger partial charge in [-0.25, -0.2) is 9.50 Å². The molecule has 0 aliphatic rings. The van der Waals surface area contributed by atoms with Gasteiger partial charge in [-0.05, 0) is 12.5 Å². The van der Waals surface area contributed by atoms with Crippen molar-refractivity contribution in [2.45, 2.75) is 6.92 Å². The van der Waals surface area contributed by atoms with Crippen molar-refractivity contribution in [2.75, 3.05) is 0 Å². The van der Waals surface area contributed by atoms with Crippen LogP contribution in [0.25, 0.3) is 5.65 Å². The Morgan fingerprint density at radius 1 is 1.55 bits per heavy atom. The number of nitrogens with zero attached hydrogens (tertiary/aromatic N) is 3. The summed E-state index contributed by atoms with van der Waals surface area (Å²) >= 11 is 0. The second kappa shape index (κ2) is 2.02. The Labute approximate surface area is 62.5 Å². The van der Waals surface area contributed by atoms with Crippen LogP contribution in [0.5, 0.6) is 0 Å². The van der Waals surface area contributed by atoms with Gasteiger partial charge in [0.25, 0.3) is 0 Å². The third kappa shape index (κ3) is 0.960. The van der Waals surface area contributed by atoms with Crippen molar-refractivity contribution in [1.29, 1.82) is 0 Å². The summed E-state index contributed by atoms with van der Waals surface area (Å²) in [6.45, 7) is 1.88. The molecular formula is C7H6FN3. The van der Waals surface area contributed by atoms with Crippen molar-refractivity contribution in [3.63, 3.8) is 0 Å². The third-order valence-electron chi connectivity index (χ3n) is 1.41. The molecule has 0 spiro atoms. The fourth-order valence-corrected chi connectivity index (χ4v) is 0.941. The van der Waals surface area contributed by atoms with E-state index < -0.39 is 5.95 Å². The van der Waals surface area contributed by atoms with Gasteiger partial charge >= 0.3 is 0 Å². The molecule has 0 aliphatic carbocycles. The number of fused-ring (bicyclic) bond motifs is 1. The molecule has 2 aromatic rings. The van der Waals surface area contributed by atoms with Gasteiger partial charge in [0.1, 0.15) is 0 Å². The Bertz CT molecular complexity index is 393. The molecule has 0 saturated carbocycles. The second-order valence-corrected chi connectivity index (χ2v) is 2.40. The number of hydrogen-bond donors (Lipinski definition) is 0. The van der Waals surface area contributed by atoms with E-state index in [1.54, 1.807) is 12.4 Å². The standard InChI is InChI=1S/C7H6FN3/c1-5-3-9-7-2-6(8)10-11(7)4-5/h2-4H,1H3. The smallest absolute Gasteiger partial charge is 0.235 e. The molecule has 0 aromatic carbocycles. The van der Waals surface area contributed by atoms with Crippen molar-refractivity contribution in [3.8, 4) is 0 Å². The summed E-state index contributed by atoms with van der Waals surface area (Å²) in [5, 5.41) is 3.56. The van der Waals surface area contributed by atoms with E-state index in [4.69, 9.17) is 0 Å². The van der Waals surface area contributed by atoms with Crippen molar-refractivity contribution in [1.82, 2.24) is 14.6 Å². The minimum Gasteiger partial charge on any atom is -0.237 e. The summed E-state index contributed by atoms with van der Waals surface area (Å²) in [6.07, 6.45) is 3.40. The van der Waals surface area contributed by atoms with Gasteiger partial charge in [0.2, 0.25) is 5.95 Å². The molecule has 0 radical (unpaired) electrons. The van der Waals surface area contributed by atoms with E-state index in [-0.39, 0.29) is 0 Å². The second-order valence-electron chi connectivity index (χ2n) is 2.40. The largest absolute Gasteiger partial charge is 0.237 e. The molecule has 0 N–H and O–H groups in total. The average molecular weight is 151 g/mol. The fraction of sp³-hybridized carbons (Fsp3) is 0.143. The molecular weight excluding hydrogens is 145 g/mol. The maximum absolute atomic E-state index is 12.5. The molecule has 0 fully saturated rings. The minimum atomic E-state index is -0.497. The van der Waals surface area contributed by atoms with Gasteiger partial charge in [-0.15, -0.1) is 5.10 Å². The summed E-state index contributed by atoms with van der Waals surface area (Å²) in [4.78, 5) is 3.96. The van der Waals surface area contributed by atoms with E-state index in [2.05, 4.69) is 10.1 Å². The average Bonchev–Trinajstić information content (AvgIpc) is 2.27. The maximum Gasteiger partial charge on any atom is 0.235 e. The molecule has 2 rings (SSSR count). The lowest BCUT2D eigenvalue weighted by Crippen LogP contribution is -1.90. The number of halogens is 1. The molecule has 0 unspecified atom stereocenters. The van der Waals surface area contributed by atoms with Gasteiger partial charge in [-0.2, -0.15) is 4.39 Å². The Morgan fingerprint density at radius 2 is 2.36 bits per heavy atom. The first-order chi connectivity index (χ1) is 5.25. The summed E-state index contributed by atoms with van der Waals surface area (Å²) in [5.74, 6) is -0.497. The van der Waals surface area contributed by atoms with E-state index in [1.807, 2.05) is 6.92 Å². The lowest BCUT2D eigenvalue weighted by molar-refractivity contribution is 0.571. The molecule has 4 heteroatoms. The number of rotatable bonds is 0. The zero-order chi connectivity index (χ0) is 7.84. The number of aryl methyl sites for hydroxylation is 1. The molecule has 0 bridgehead atoms. The van der Waals surface area contributed by atoms with Crippen molar-refractivity contribution >= 4 is 5.65 Å². The van der Waals surface area contributed by atoms with Crippen LogP contribution in [0.2, 0.25) is 0 Å². The summed E-state index contributed by atoms with van der Waals surface area (Å²) in [7, 11) is 0. The highest BCUT2D eigenvalue weighted by molar-refractivity contribution is 5.36. The van der Waals surface area contributed by atoms with E-state index in [0.717, 1.165) is 5.56 Å². The first-order valence-electron chi connectivity index (χ1n) is 3.23. The zero-order valence-electron chi connectivity index (χ0n) is 5.95. The van der Waals surface area contributed by atoms with Crippen LogP contribution in [0.4, 0.5) is 4.39 Å². The molecule has 2 aromatic heterocycles. The Morgan fingerprint density at radius 3 is 3.18 bits per heavy atom. The Balaban J connectivity index is 2.82. The highest BCUT2D eigenvalue weighted by atomic mass is 19.1. The topological polar surface area (TPSA) is 30.2 Å². The molecule has 0 amide bonds. The normalized spacial score (nSPS) is 10.7. The number of aromatic nitrogens is 3. The van der Waals surface area contributed by atoms with E-state index in [9.17, 15) is 4.39 Å².